The van der Waals surface area contributed by atoms with E-state index in [-0.39, 0.29) is 0 Å². The number of aromatic nitrogens is 3. The van der Waals surface area contributed by atoms with Crippen molar-refractivity contribution in [3.05, 3.63) is 48.5 Å². The SMILES string of the molecule is CCOc1nc2ccccc2cc1-c1noc(-c2cc(OC)cc(OC)c2)n1. The van der Waals surface area contributed by atoms with Crippen LogP contribution in [0.5, 0.6) is 17.4 Å². The largest absolute Gasteiger partial charge is 0.497 e. The van der Waals surface area contributed by atoms with E-state index in [0.29, 0.717) is 46.8 Å². The molecule has 0 aliphatic heterocycles. The molecule has 0 N–H and O–H groups in total. The van der Waals surface area contributed by atoms with Crippen LogP contribution >= 0.6 is 0 Å². The first-order valence-corrected chi connectivity index (χ1v) is 8.82. The van der Waals surface area contributed by atoms with Crippen LogP contribution in [-0.4, -0.2) is 36.0 Å². The van der Waals surface area contributed by atoms with Gasteiger partial charge >= 0.3 is 0 Å². The van der Waals surface area contributed by atoms with Crippen molar-refractivity contribution < 1.29 is 18.7 Å². The number of benzene rings is 2. The van der Waals surface area contributed by atoms with Gasteiger partial charge in [-0.2, -0.15) is 4.98 Å². The van der Waals surface area contributed by atoms with E-state index in [2.05, 4.69) is 15.1 Å². The average Bonchev–Trinajstić information content (AvgIpc) is 3.23. The molecule has 0 saturated carbocycles. The van der Waals surface area contributed by atoms with Crippen molar-refractivity contribution >= 4 is 10.9 Å². The smallest absolute Gasteiger partial charge is 0.258 e. The highest BCUT2D eigenvalue weighted by atomic mass is 16.5. The van der Waals surface area contributed by atoms with Gasteiger partial charge in [0.2, 0.25) is 11.7 Å². The zero-order chi connectivity index (χ0) is 19.5. The van der Waals surface area contributed by atoms with Crippen LogP contribution in [0, 0.1) is 0 Å². The van der Waals surface area contributed by atoms with Crippen molar-refractivity contribution in [2.24, 2.45) is 0 Å². The molecule has 0 spiro atoms. The molecule has 0 unspecified atom stereocenters. The molecule has 4 aromatic rings. The van der Waals surface area contributed by atoms with Crippen LogP contribution in [0.3, 0.4) is 0 Å². The Hall–Kier alpha value is -3.61. The Morgan fingerprint density at radius 1 is 0.929 bits per heavy atom. The highest BCUT2D eigenvalue weighted by molar-refractivity contribution is 5.85. The monoisotopic (exact) mass is 377 g/mol. The molecule has 2 heterocycles. The second-order valence-electron chi connectivity index (χ2n) is 5.99. The second-order valence-corrected chi connectivity index (χ2v) is 5.99. The van der Waals surface area contributed by atoms with Crippen LogP contribution in [0.2, 0.25) is 0 Å². The first-order chi connectivity index (χ1) is 13.7. The predicted molar refractivity (Wildman–Crippen MR) is 105 cm³/mol. The molecule has 28 heavy (non-hydrogen) atoms. The Morgan fingerprint density at radius 3 is 2.39 bits per heavy atom. The van der Waals surface area contributed by atoms with Crippen molar-refractivity contribution in [1.29, 1.82) is 0 Å². The quantitative estimate of drug-likeness (QED) is 0.494. The number of hydrogen-bond donors (Lipinski definition) is 0. The molecule has 2 aromatic carbocycles. The van der Waals surface area contributed by atoms with Crippen molar-refractivity contribution in [2.45, 2.75) is 6.92 Å². The molecule has 0 saturated heterocycles. The van der Waals surface area contributed by atoms with Crippen LogP contribution < -0.4 is 14.2 Å². The fraction of sp³-hybridized carbons (Fsp3) is 0.190. The summed E-state index contributed by atoms with van der Waals surface area (Å²) in [5, 5.41) is 5.10. The summed E-state index contributed by atoms with van der Waals surface area (Å²) in [6, 6.07) is 15.2. The lowest BCUT2D eigenvalue weighted by atomic mass is 10.1. The van der Waals surface area contributed by atoms with Gasteiger partial charge < -0.3 is 18.7 Å². The Morgan fingerprint density at radius 2 is 1.68 bits per heavy atom. The summed E-state index contributed by atoms with van der Waals surface area (Å²) >= 11 is 0. The normalized spacial score (nSPS) is 10.8. The maximum absolute atomic E-state index is 5.71. The first kappa shape index (κ1) is 17.8. The first-order valence-electron chi connectivity index (χ1n) is 8.82. The second kappa shape index (κ2) is 7.56. The molecule has 0 fully saturated rings. The molecule has 7 nitrogen and oxygen atoms in total. The van der Waals surface area contributed by atoms with Crippen LogP contribution in [-0.2, 0) is 0 Å². The molecule has 0 aliphatic carbocycles. The Labute approximate surface area is 161 Å². The number of rotatable bonds is 6. The number of pyridine rings is 1. The maximum atomic E-state index is 5.71. The number of ether oxygens (including phenoxy) is 3. The van der Waals surface area contributed by atoms with Gasteiger partial charge in [-0.15, -0.1) is 0 Å². The maximum Gasteiger partial charge on any atom is 0.258 e. The van der Waals surface area contributed by atoms with E-state index in [1.54, 1.807) is 20.3 Å². The topological polar surface area (TPSA) is 79.5 Å². The Balaban J connectivity index is 1.80. The van der Waals surface area contributed by atoms with Crippen LogP contribution in [0.4, 0.5) is 0 Å². The molecule has 0 amide bonds. The van der Waals surface area contributed by atoms with Gasteiger partial charge in [-0.25, -0.2) is 4.98 Å². The summed E-state index contributed by atoms with van der Waals surface area (Å²) in [4.78, 5) is 9.14. The fourth-order valence-electron chi connectivity index (χ4n) is 2.89. The van der Waals surface area contributed by atoms with E-state index in [1.807, 2.05) is 49.4 Å². The molecule has 0 aliphatic rings. The van der Waals surface area contributed by atoms with E-state index < -0.39 is 0 Å². The van der Waals surface area contributed by atoms with Crippen molar-refractivity contribution in [2.75, 3.05) is 20.8 Å². The zero-order valence-corrected chi connectivity index (χ0v) is 15.8. The third-order valence-electron chi connectivity index (χ3n) is 4.24. The number of nitrogens with zero attached hydrogens (tertiary/aromatic N) is 3. The number of fused-ring (bicyclic) bond motifs is 1. The van der Waals surface area contributed by atoms with Crippen molar-refractivity contribution in [3.63, 3.8) is 0 Å². The molecular weight excluding hydrogens is 358 g/mol. The molecular formula is C21H19N3O4. The van der Waals surface area contributed by atoms with E-state index in [4.69, 9.17) is 18.7 Å². The summed E-state index contributed by atoms with van der Waals surface area (Å²) in [6.07, 6.45) is 0. The van der Waals surface area contributed by atoms with Crippen LogP contribution in [0.15, 0.2) is 53.1 Å². The molecule has 4 rings (SSSR count). The van der Waals surface area contributed by atoms with Gasteiger partial charge in [-0.3, -0.25) is 0 Å². The summed E-state index contributed by atoms with van der Waals surface area (Å²) < 4.78 is 21.8. The standard InChI is InChI=1S/C21H19N3O4/c1-4-27-21-17(11-13-7-5-6-8-18(13)22-21)19-23-20(28-24-19)14-9-15(25-2)12-16(10-14)26-3/h5-12H,4H2,1-3H3. The van der Waals surface area contributed by atoms with Gasteiger partial charge in [-0.05, 0) is 31.2 Å². The number of para-hydroxylation sites is 1. The lowest BCUT2D eigenvalue weighted by molar-refractivity contribution is 0.329. The molecule has 0 radical (unpaired) electrons. The Kier molecular flexibility index (Phi) is 4.80. The van der Waals surface area contributed by atoms with Gasteiger partial charge in [0.25, 0.3) is 5.89 Å². The Bertz CT molecular complexity index is 1100. The number of hydrogen-bond acceptors (Lipinski definition) is 7. The summed E-state index contributed by atoms with van der Waals surface area (Å²) in [5.41, 5.74) is 2.21. The highest BCUT2D eigenvalue weighted by Gasteiger charge is 2.18. The number of methoxy groups -OCH3 is 2. The molecule has 0 bridgehead atoms. The van der Waals surface area contributed by atoms with E-state index in [1.165, 1.54) is 0 Å². The zero-order valence-electron chi connectivity index (χ0n) is 15.8. The van der Waals surface area contributed by atoms with Gasteiger partial charge in [0.1, 0.15) is 11.5 Å². The van der Waals surface area contributed by atoms with Crippen molar-refractivity contribution in [1.82, 2.24) is 15.1 Å². The van der Waals surface area contributed by atoms with Gasteiger partial charge in [0, 0.05) is 17.0 Å². The molecule has 2 aromatic heterocycles. The van der Waals surface area contributed by atoms with Crippen LogP contribution in [0.1, 0.15) is 6.92 Å². The minimum Gasteiger partial charge on any atom is -0.497 e. The van der Waals surface area contributed by atoms with Crippen LogP contribution in [0.25, 0.3) is 33.7 Å². The van der Waals surface area contributed by atoms with E-state index in [9.17, 15) is 0 Å². The van der Waals surface area contributed by atoms with Gasteiger partial charge in [-0.1, -0.05) is 23.4 Å². The lowest BCUT2D eigenvalue weighted by Crippen LogP contribution is -1.98. The summed E-state index contributed by atoms with van der Waals surface area (Å²) in [7, 11) is 3.18. The third-order valence-corrected chi connectivity index (χ3v) is 4.24. The lowest BCUT2D eigenvalue weighted by Gasteiger charge is -2.08. The van der Waals surface area contributed by atoms with Gasteiger partial charge in [0.05, 0.1) is 31.9 Å². The molecule has 7 heteroatoms. The molecule has 142 valence electrons. The minimum absolute atomic E-state index is 0.350. The summed E-state index contributed by atoms with van der Waals surface area (Å²) in [5.74, 6) is 2.49. The van der Waals surface area contributed by atoms with Crippen molar-refractivity contribution in [3.8, 4) is 40.2 Å². The minimum atomic E-state index is 0.350. The molecule has 0 atom stereocenters. The third kappa shape index (κ3) is 3.34. The summed E-state index contributed by atoms with van der Waals surface area (Å²) in [6.45, 7) is 2.39. The van der Waals surface area contributed by atoms with E-state index in [0.717, 1.165) is 10.9 Å². The highest BCUT2D eigenvalue weighted by Crippen LogP contribution is 2.33. The fourth-order valence-corrected chi connectivity index (χ4v) is 2.89. The predicted octanol–water partition coefficient (Wildman–Crippen LogP) is 4.37. The average molecular weight is 377 g/mol. The van der Waals surface area contributed by atoms with Gasteiger partial charge in [0.15, 0.2) is 0 Å². The van der Waals surface area contributed by atoms with E-state index >= 15 is 0 Å².